The predicted octanol–water partition coefficient (Wildman–Crippen LogP) is 5.58. The molecule has 0 N–H and O–H groups in total. The molecule has 0 spiro atoms. The fourth-order valence-electron chi connectivity index (χ4n) is 4.50. The van der Waals surface area contributed by atoms with E-state index in [-0.39, 0.29) is 5.41 Å². The van der Waals surface area contributed by atoms with E-state index >= 15 is 0 Å². The lowest BCUT2D eigenvalue weighted by molar-refractivity contribution is 0.563. The van der Waals surface area contributed by atoms with E-state index in [9.17, 15) is 0 Å². The Kier molecular flexibility index (Phi) is 3.73. The maximum Gasteiger partial charge on any atom is 0.0996 e. The number of rotatable bonds is 1. The van der Waals surface area contributed by atoms with E-state index in [0.29, 0.717) is 0 Å². The zero-order valence-corrected chi connectivity index (χ0v) is 15.4. The molecular formula is C24H25N. The predicted molar refractivity (Wildman–Crippen MR) is 107 cm³/mol. The van der Waals surface area contributed by atoms with Crippen LogP contribution in [0, 0.1) is 12.3 Å². The fraction of sp³-hybridized carbons (Fsp3) is 0.333. The van der Waals surface area contributed by atoms with Crippen LogP contribution in [0.15, 0.2) is 30.3 Å². The van der Waals surface area contributed by atoms with Crippen molar-refractivity contribution in [3.8, 4) is 12.3 Å². The van der Waals surface area contributed by atoms with Gasteiger partial charge >= 0.3 is 0 Å². The molecule has 0 fully saturated rings. The van der Waals surface area contributed by atoms with E-state index in [1.807, 2.05) is 0 Å². The zero-order chi connectivity index (χ0) is 17.6. The molecular weight excluding hydrogens is 302 g/mol. The lowest BCUT2D eigenvalue weighted by Gasteiger charge is -2.17. The molecule has 0 unspecified atom stereocenters. The molecule has 0 atom stereocenters. The van der Waals surface area contributed by atoms with Crippen molar-refractivity contribution in [2.24, 2.45) is 7.05 Å². The molecule has 25 heavy (non-hydrogen) atoms. The summed E-state index contributed by atoms with van der Waals surface area (Å²) in [6.45, 7) is 4.67. The van der Waals surface area contributed by atoms with Crippen molar-refractivity contribution < 1.29 is 0 Å². The van der Waals surface area contributed by atoms with Crippen molar-refractivity contribution in [2.75, 3.05) is 0 Å². The maximum absolute atomic E-state index is 5.90. The second-order valence-corrected chi connectivity index (χ2v) is 7.90. The number of hydrogen-bond acceptors (Lipinski definition) is 0. The van der Waals surface area contributed by atoms with Crippen LogP contribution in [0.5, 0.6) is 0 Å². The number of terminal acetylenes is 1. The van der Waals surface area contributed by atoms with Crippen LogP contribution in [-0.4, -0.2) is 4.57 Å². The van der Waals surface area contributed by atoms with Crippen molar-refractivity contribution in [2.45, 2.75) is 44.9 Å². The van der Waals surface area contributed by atoms with Gasteiger partial charge in [-0.05, 0) is 53.9 Å². The van der Waals surface area contributed by atoms with Gasteiger partial charge in [0.15, 0.2) is 0 Å². The highest BCUT2D eigenvalue weighted by Crippen LogP contribution is 2.46. The van der Waals surface area contributed by atoms with Gasteiger partial charge in [-0.1, -0.05) is 56.2 Å². The Labute approximate surface area is 151 Å². The minimum absolute atomic E-state index is 0.181. The number of benzene rings is 1. The van der Waals surface area contributed by atoms with E-state index in [0.717, 1.165) is 25.0 Å². The number of fused-ring (bicyclic) bond motifs is 2. The Balaban J connectivity index is 1.93. The van der Waals surface area contributed by atoms with E-state index in [4.69, 9.17) is 6.42 Å². The normalized spacial score (nSPS) is 19.4. The lowest BCUT2D eigenvalue weighted by Crippen LogP contribution is -2.11. The molecule has 2 aromatic rings. The number of hydrogen-bond donors (Lipinski definition) is 0. The SMILES string of the molecule is C#Cc1c(/C=C2\CC(C)(C)c3ccccc32)c2c(n1C)CCCC=C2. The molecule has 0 amide bonds. The van der Waals surface area contributed by atoms with Crippen LogP contribution < -0.4 is 0 Å². The van der Waals surface area contributed by atoms with Crippen LogP contribution in [0.2, 0.25) is 0 Å². The lowest BCUT2D eigenvalue weighted by atomic mass is 9.86. The summed E-state index contributed by atoms with van der Waals surface area (Å²) in [7, 11) is 2.11. The molecule has 1 aromatic heterocycles. The smallest absolute Gasteiger partial charge is 0.0996 e. The van der Waals surface area contributed by atoms with Gasteiger partial charge in [0.05, 0.1) is 5.69 Å². The van der Waals surface area contributed by atoms with E-state index in [1.165, 1.54) is 39.9 Å². The van der Waals surface area contributed by atoms with Gasteiger partial charge in [0, 0.05) is 23.9 Å². The molecule has 4 rings (SSSR count). The Morgan fingerprint density at radius 2 is 2.04 bits per heavy atom. The molecule has 1 heteroatoms. The summed E-state index contributed by atoms with van der Waals surface area (Å²) in [6.07, 6.45) is 17.3. The summed E-state index contributed by atoms with van der Waals surface area (Å²) < 4.78 is 2.23. The third-order valence-electron chi connectivity index (χ3n) is 5.76. The van der Waals surface area contributed by atoms with Gasteiger partial charge in [0.2, 0.25) is 0 Å². The van der Waals surface area contributed by atoms with Gasteiger partial charge in [0.1, 0.15) is 0 Å². The highest BCUT2D eigenvalue weighted by molar-refractivity contribution is 5.90. The molecule has 1 nitrogen and oxygen atoms in total. The third kappa shape index (κ3) is 2.48. The van der Waals surface area contributed by atoms with Gasteiger partial charge < -0.3 is 4.57 Å². The molecule has 1 aromatic carbocycles. The summed E-state index contributed by atoms with van der Waals surface area (Å²) in [4.78, 5) is 0. The summed E-state index contributed by atoms with van der Waals surface area (Å²) in [5.74, 6) is 2.94. The first-order valence-corrected chi connectivity index (χ1v) is 9.18. The largest absolute Gasteiger partial charge is 0.340 e. The first kappa shape index (κ1) is 16.0. The van der Waals surface area contributed by atoms with E-state index in [1.54, 1.807) is 0 Å². The Morgan fingerprint density at radius 1 is 1.24 bits per heavy atom. The molecule has 0 aliphatic heterocycles. The minimum Gasteiger partial charge on any atom is -0.340 e. The third-order valence-corrected chi connectivity index (χ3v) is 5.76. The number of aromatic nitrogens is 1. The molecule has 126 valence electrons. The summed E-state index contributed by atoms with van der Waals surface area (Å²) in [5.41, 5.74) is 9.34. The molecule has 1 heterocycles. The Bertz CT molecular complexity index is 941. The van der Waals surface area contributed by atoms with Crippen LogP contribution in [-0.2, 0) is 18.9 Å². The molecule has 0 radical (unpaired) electrons. The quantitative estimate of drug-likeness (QED) is 0.603. The minimum atomic E-state index is 0.181. The molecule has 0 saturated carbocycles. The van der Waals surface area contributed by atoms with Crippen LogP contribution in [0.25, 0.3) is 17.7 Å². The Morgan fingerprint density at radius 3 is 2.84 bits per heavy atom. The highest BCUT2D eigenvalue weighted by atomic mass is 15.0. The maximum atomic E-state index is 5.90. The van der Waals surface area contributed by atoms with Crippen LogP contribution >= 0.6 is 0 Å². The van der Waals surface area contributed by atoms with Gasteiger partial charge in [-0.3, -0.25) is 0 Å². The van der Waals surface area contributed by atoms with Crippen LogP contribution in [0.3, 0.4) is 0 Å². The van der Waals surface area contributed by atoms with Crippen LogP contribution in [0.1, 0.15) is 66.8 Å². The monoisotopic (exact) mass is 327 g/mol. The van der Waals surface area contributed by atoms with Crippen molar-refractivity contribution in [1.29, 1.82) is 0 Å². The van der Waals surface area contributed by atoms with Crippen LogP contribution in [0.4, 0.5) is 0 Å². The zero-order valence-electron chi connectivity index (χ0n) is 15.4. The molecule has 0 saturated heterocycles. The topological polar surface area (TPSA) is 4.93 Å². The average molecular weight is 327 g/mol. The van der Waals surface area contributed by atoms with Crippen molar-refractivity contribution >= 4 is 17.7 Å². The second kappa shape index (κ2) is 5.81. The Hall–Kier alpha value is -2.46. The van der Waals surface area contributed by atoms with Gasteiger partial charge in [-0.15, -0.1) is 6.42 Å². The molecule has 0 bridgehead atoms. The fourth-order valence-corrected chi connectivity index (χ4v) is 4.50. The number of nitrogens with zero attached hydrogens (tertiary/aromatic N) is 1. The molecule has 2 aliphatic carbocycles. The van der Waals surface area contributed by atoms with Crippen molar-refractivity contribution in [3.63, 3.8) is 0 Å². The summed E-state index contributed by atoms with van der Waals surface area (Å²) in [6, 6.07) is 8.81. The summed E-state index contributed by atoms with van der Waals surface area (Å²) in [5, 5.41) is 0. The standard InChI is InChI=1S/C24H25N/c1-5-22-20(19-12-7-6-8-14-23(19)25(22)4)15-17-16-24(2,3)21-13-10-9-11-18(17)21/h1,7,9-13,15H,6,8,14,16H2,2-4H3/b17-15+. The highest BCUT2D eigenvalue weighted by Gasteiger charge is 2.33. The summed E-state index contributed by atoms with van der Waals surface area (Å²) >= 11 is 0. The average Bonchev–Trinajstić information content (AvgIpc) is 2.87. The van der Waals surface area contributed by atoms with E-state index in [2.05, 4.69) is 73.9 Å². The van der Waals surface area contributed by atoms with Gasteiger partial charge in [-0.2, -0.15) is 0 Å². The second-order valence-electron chi connectivity index (χ2n) is 7.90. The first-order valence-electron chi connectivity index (χ1n) is 9.18. The molecule has 2 aliphatic rings. The first-order chi connectivity index (χ1) is 12.0. The van der Waals surface area contributed by atoms with Crippen molar-refractivity contribution in [3.05, 3.63) is 64.0 Å². The van der Waals surface area contributed by atoms with E-state index < -0.39 is 0 Å². The van der Waals surface area contributed by atoms with Crippen molar-refractivity contribution in [1.82, 2.24) is 4.57 Å². The van der Waals surface area contributed by atoms with Gasteiger partial charge in [-0.25, -0.2) is 0 Å². The van der Waals surface area contributed by atoms with Gasteiger partial charge in [0.25, 0.3) is 0 Å². The number of allylic oxidation sites excluding steroid dienone is 2.